The van der Waals surface area contributed by atoms with E-state index in [9.17, 15) is 4.79 Å². The van der Waals surface area contributed by atoms with Crippen molar-refractivity contribution in [2.75, 3.05) is 13.7 Å². The Morgan fingerprint density at radius 3 is 2.76 bits per heavy atom. The number of pyridine rings is 1. The number of aryl methyl sites for hydroxylation is 1. The smallest absolute Gasteiger partial charge is 0.221 e. The number of benzene rings is 2. The number of carbonyl (C=O) groups excluding carboxylic acids is 1. The molecule has 2 heterocycles. The Morgan fingerprint density at radius 2 is 1.97 bits per heavy atom. The average molecular weight is 482 g/mol. The summed E-state index contributed by atoms with van der Waals surface area (Å²) in [7, 11) is 1.64. The highest BCUT2D eigenvalue weighted by molar-refractivity contribution is 6.35. The first-order valence-corrected chi connectivity index (χ1v) is 11.5. The number of hydrogen-bond donors (Lipinski definition) is 1. The molecule has 0 radical (unpaired) electrons. The van der Waals surface area contributed by atoms with E-state index in [1.807, 2.05) is 66.2 Å². The number of amides is 1. The minimum absolute atomic E-state index is 0.0569. The predicted molar refractivity (Wildman–Crippen MR) is 133 cm³/mol. The number of nitrogens with one attached hydrogen (secondary N) is 1. The molecule has 1 N–H and O–H groups in total. The van der Waals surface area contributed by atoms with Crippen molar-refractivity contribution < 1.29 is 9.53 Å². The summed E-state index contributed by atoms with van der Waals surface area (Å²) in [5.41, 5.74) is 4.78. The molecule has 33 heavy (non-hydrogen) atoms. The number of fused-ring (bicyclic) bond motifs is 1. The van der Waals surface area contributed by atoms with E-state index in [0.29, 0.717) is 23.0 Å². The molecule has 0 saturated carbocycles. The van der Waals surface area contributed by atoms with Crippen LogP contribution in [0.2, 0.25) is 10.0 Å². The number of aromatic nitrogens is 2. The number of carbonyl (C=O) groups is 1. The maximum absolute atomic E-state index is 13.0. The molecule has 0 saturated heterocycles. The molecule has 2 aromatic heterocycles. The molecule has 0 aliphatic heterocycles. The molecule has 0 bridgehead atoms. The number of methoxy groups -OCH3 is 1. The molecule has 1 amide bonds. The van der Waals surface area contributed by atoms with Crippen LogP contribution in [-0.4, -0.2) is 28.9 Å². The number of rotatable bonds is 8. The molecule has 4 aromatic rings. The second-order valence-corrected chi connectivity index (χ2v) is 8.75. The summed E-state index contributed by atoms with van der Waals surface area (Å²) in [5, 5.41) is 4.23. The second kappa shape index (κ2) is 10.3. The van der Waals surface area contributed by atoms with Crippen LogP contribution in [0, 0.1) is 6.92 Å². The van der Waals surface area contributed by atoms with Gasteiger partial charge >= 0.3 is 0 Å². The van der Waals surface area contributed by atoms with Gasteiger partial charge in [0.2, 0.25) is 5.91 Å². The normalized spacial score (nSPS) is 12.0. The van der Waals surface area contributed by atoms with Crippen molar-refractivity contribution in [2.24, 2.45) is 0 Å². The summed E-state index contributed by atoms with van der Waals surface area (Å²) in [6, 6.07) is 17.2. The Bertz CT molecular complexity index is 1290. The van der Waals surface area contributed by atoms with Gasteiger partial charge in [-0.3, -0.25) is 4.79 Å². The Labute approximate surface area is 203 Å². The highest BCUT2D eigenvalue weighted by Gasteiger charge is 2.25. The average Bonchev–Trinajstić information content (AvgIpc) is 3.24. The first-order valence-electron chi connectivity index (χ1n) is 10.7. The van der Waals surface area contributed by atoms with Crippen molar-refractivity contribution >= 4 is 34.8 Å². The van der Waals surface area contributed by atoms with Crippen molar-refractivity contribution in [1.29, 1.82) is 0 Å². The van der Waals surface area contributed by atoms with Gasteiger partial charge in [0.25, 0.3) is 0 Å². The summed E-state index contributed by atoms with van der Waals surface area (Å²) in [5.74, 6) is 0.460. The highest BCUT2D eigenvalue weighted by Crippen LogP contribution is 2.35. The SMILES string of the molecule is COc1ccccc1C(CC(=O)NCCc1ccc(Cl)cc1Cl)c1cnc2c(C)cccn12. The van der Waals surface area contributed by atoms with E-state index in [1.165, 1.54) is 0 Å². The van der Waals surface area contributed by atoms with Crippen molar-refractivity contribution in [3.8, 4) is 5.75 Å². The molecular formula is C26H25Cl2N3O2. The lowest BCUT2D eigenvalue weighted by atomic mass is 9.91. The maximum Gasteiger partial charge on any atom is 0.221 e. The van der Waals surface area contributed by atoms with Crippen LogP contribution in [0.1, 0.15) is 34.7 Å². The third-order valence-electron chi connectivity index (χ3n) is 5.75. The first-order chi connectivity index (χ1) is 16.0. The van der Waals surface area contributed by atoms with Crippen molar-refractivity contribution in [3.05, 3.63) is 99.4 Å². The Kier molecular flexibility index (Phi) is 7.21. The zero-order valence-electron chi connectivity index (χ0n) is 18.5. The van der Waals surface area contributed by atoms with E-state index < -0.39 is 0 Å². The lowest BCUT2D eigenvalue weighted by Crippen LogP contribution is -2.28. The van der Waals surface area contributed by atoms with E-state index in [-0.39, 0.29) is 18.2 Å². The molecule has 0 fully saturated rings. The maximum atomic E-state index is 13.0. The summed E-state index contributed by atoms with van der Waals surface area (Å²) < 4.78 is 7.67. The lowest BCUT2D eigenvalue weighted by Gasteiger charge is -2.20. The summed E-state index contributed by atoms with van der Waals surface area (Å²) >= 11 is 12.2. The van der Waals surface area contributed by atoms with E-state index in [0.717, 1.165) is 33.8 Å². The largest absolute Gasteiger partial charge is 0.496 e. The van der Waals surface area contributed by atoms with Crippen LogP contribution in [-0.2, 0) is 11.2 Å². The summed E-state index contributed by atoms with van der Waals surface area (Å²) in [6.07, 6.45) is 4.71. The number of halogens is 2. The summed E-state index contributed by atoms with van der Waals surface area (Å²) in [6.45, 7) is 2.50. The fourth-order valence-electron chi connectivity index (χ4n) is 4.08. The minimum Gasteiger partial charge on any atom is -0.496 e. The summed E-state index contributed by atoms with van der Waals surface area (Å²) in [4.78, 5) is 17.6. The molecule has 1 unspecified atom stereocenters. The second-order valence-electron chi connectivity index (χ2n) is 7.90. The number of para-hydroxylation sites is 1. The third kappa shape index (κ3) is 5.15. The van der Waals surface area contributed by atoms with Gasteiger partial charge in [-0.1, -0.05) is 53.5 Å². The van der Waals surface area contributed by atoms with E-state index >= 15 is 0 Å². The highest BCUT2D eigenvalue weighted by atomic mass is 35.5. The van der Waals surface area contributed by atoms with Gasteiger partial charge in [0, 0.05) is 46.9 Å². The van der Waals surface area contributed by atoms with Crippen LogP contribution in [0.3, 0.4) is 0 Å². The van der Waals surface area contributed by atoms with Gasteiger partial charge in [0.05, 0.1) is 12.8 Å². The molecule has 5 nitrogen and oxygen atoms in total. The molecule has 1 atom stereocenters. The van der Waals surface area contributed by atoms with Gasteiger partial charge in [0.1, 0.15) is 11.4 Å². The van der Waals surface area contributed by atoms with Gasteiger partial charge < -0.3 is 14.5 Å². The van der Waals surface area contributed by atoms with Crippen LogP contribution in [0.5, 0.6) is 5.75 Å². The predicted octanol–water partition coefficient (Wildman–Crippen LogP) is 5.84. The monoisotopic (exact) mass is 481 g/mol. The first kappa shape index (κ1) is 23.1. The molecule has 2 aromatic carbocycles. The van der Waals surface area contributed by atoms with Gasteiger partial charge in [0.15, 0.2) is 0 Å². The minimum atomic E-state index is -0.225. The van der Waals surface area contributed by atoms with Gasteiger partial charge in [-0.25, -0.2) is 4.98 Å². The number of nitrogens with zero attached hydrogens (tertiary/aromatic N) is 2. The Morgan fingerprint density at radius 1 is 1.15 bits per heavy atom. The van der Waals surface area contributed by atoms with Crippen molar-refractivity contribution in [2.45, 2.75) is 25.7 Å². The molecule has 0 aliphatic rings. The van der Waals surface area contributed by atoms with Crippen molar-refractivity contribution in [1.82, 2.24) is 14.7 Å². The van der Waals surface area contributed by atoms with Gasteiger partial charge in [-0.15, -0.1) is 0 Å². The zero-order chi connectivity index (χ0) is 23.4. The van der Waals surface area contributed by atoms with Crippen LogP contribution in [0.25, 0.3) is 5.65 Å². The van der Waals surface area contributed by atoms with Crippen LogP contribution < -0.4 is 10.1 Å². The van der Waals surface area contributed by atoms with Crippen LogP contribution in [0.4, 0.5) is 0 Å². The fourth-order valence-corrected chi connectivity index (χ4v) is 4.58. The Hall–Kier alpha value is -3.02. The van der Waals surface area contributed by atoms with E-state index in [2.05, 4.69) is 10.3 Å². The van der Waals surface area contributed by atoms with E-state index in [1.54, 1.807) is 19.2 Å². The van der Waals surface area contributed by atoms with Gasteiger partial charge in [-0.05, 0) is 48.7 Å². The van der Waals surface area contributed by atoms with Crippen LogP contribution in [0.15, 0.2) is 67.0 Å². The van der Waals surface area contributed by atoms with Crippen LogP contribution >= 0.6 is 23.2 Å². The molecule has 4 rings (SSSR count). The molecular weight excluding hydrogens is 457 g/mol. The third-order valence-corrected chi connectivity index (χ3v) is 6.34. The lowest BCUT2D eigenvalue weighted by molar-refractivity contribution is -0.121. The van der Waals surface area contributed by atoms with Gasteiger partial charge in [-0.2, -0.15) is 0 Å². The van der Waals surface area contributed by atoms with E-state index in [4.69, 9.17) is 27.9 Å². The standard InChI is InChI=1S/C26H25Cl2N3O2/c1-17-6-5-13-31-23(16-30-26(17)31)21(20-7-3-4-8-24(20)33-2)15-25(32)29-12-11-18-9-10-19(27)14-22(18)28/h3-10,13-14,16,21H,11-12,15H2,1-2H3,(H,29,32). The topological polar surface area (TPSA) is 55.6 Å². The molecule has 7 heteroatoms. The zero-order valence-corrected chi connectivity index (χ0v) is 20.0. The molecule has 0 spiro atoms. The number of ether oxygens (including phenoxy) is 1. The van der Waals surface area contributed by atoms with Crippen molar-refractivity contribution in [3.63, 3.8) is 0 Å². The molecule has 170 valence electrons. The quantitative estimate of drug-likeness (QED) is 0.343. The number of hydrogen-bond acceptors (Lipinski definition) is 3. The molecule has 0 aliphatic carbocycles. The fraction of sp³-hybridized carbons (Fsp3) is 0.231. The Balaban J connectivity index is 1.57. The number of imidazole rings is 1.